The lowest BCUT2D eigenvalue weighted by molar-refractivity contribution is -0.142. The van der Waals surface area contributed by atoms with Gasteiger partial charge in [-0.05, 0) is 38.3 Å². The summed E-state index contributed by atoms with van der Waals surface area (Å²) in [5, 5.41) is 4.92. The van der Waals surface area contributed by atoms with Crippen molar-refractivity contribution < 1.29 is 23.2 Å². The molecule has 1 saturated carbocycles. The fourth-order valence-electron chi connectivity index (χ4n) is 4.69. The number of nitrogens with zero attached hydrogens (tertiary/aromatic N) is 2. The Morgan fingerprint density at radius 2 is 2.00 bits per heavy atom. The summed E-state index contributed by atoms with van der Waals surface area (Å²) < 4.78 is 26.8. The maximum atomic E-state index is 13.6. The summed E-state index contributed by atoms with van der Waals surface area (Å²) in [7, 11) is 0. The van der Waals surface area contributed by atoms with Gasteiger partial charge in [0.1, 0.15) is 5.54 Å². The van der Waals surface area contributed by atoms with Crippen LogP contribution >= 0.6 is 0 Å². The molecule has 1 aliphatic carbocycles. The number of urea groups is 1. The van der Waals surface area contributed by atoms with Crippen LogP contribution in [0, 0.1) is 17.6 Å². The molecule has 0 radical (unpaired) electrons. The van der Waals surface area contributed by atoms with Crippen molar-refractivity contribution in [2.75, 3.05) is 24.5 Å². The molecule has 28 heavy (non-hydrogen) atoms. The smallest absolute Gasteiger partial charge is 0.322 e. The van der Waals surface area contributed by atoms with E-state index in [4.69, 9.17) is 0 Å². The van der Waals surface area contributed by atoms with Gasteiger partial charge in [-0.3, -0.25) is 14.9 Å². The third-order valence-corrected chi connectivity index (χ3v) is 6.10. The van der Waals surface area contributed by atoms with Crippen LogP contribution in [0.3, 0.4) is 0 Å². The molecule has 1 unspecified atom stereocenters. The minimum absolute atomic E-state index is 0.105. The number of hydrogen-bond donors (Lipinski definition) is 2. The van der Waals surface area contributed by atoms with E-state index in [9.17, 15) is 23.2 Å². The van der Waals surface area contributed by atoms with Crippen molar-refractivity contribution in [3.05, 3.63) is 29.8 Å². The van der Waals surface area contributed by atoms with Crippen LogP contribution in [0.2, 0.25) is 0 Å². The van der Waals surface area contributed by atoms with E-state index in [1.165, 1.54) is 6.07 Å². The van der Waals surface area contributed by atoms with E-state index < -0.39 is 35.0 Å². The van der Waals surface area contributed by atoms with E-state index in [-0.39, 0.29) is 11.9 Å². The van der Waals surface area contributed by atoms with Gasteiger partial charge in [-0.2, -0.15) is 0 Å². The number of carbonyl (C=O) groups excluding carboxylic acids is 3. The molecule has 0 bridgehead atoms. The number of piperazine rings is 1. The SMILES string of the molecule is C[C@H]1CN(C(=O)C2CCC[C@]23NC(=O)NC3=O)CCN1c1ccc(F)c(F)c1. The van der Waals surface area contributed by atoms with Crippen molar-refractivity contribution in [1.82, 2.24) is 15.5 Å². The lowest BCUT2D eigenvalue weighted by Gasteiger charge is -2.43. The third kappa shape index (κ3) is 2.89. The summed E-state index contributed by atoms with van der Waals surface area (Å²) in [5.41, 5.74) is -0.576. The van der Waals surface area contributed by atoms with E-state index in [1.54, 1.807) is 4.90 Å². The van der Waals surface area contributed by atoms with E-state index in [0.717, 1.165) is 12.1 Å². The highest BCUT2D eigenvalue weighted by molar-refractivity contribution is 6.09. The summed E-state index contributed by atoms with van der Waals surface area (Å²) in [4.78, 5) is 40.8. The van der Waals surface area contributed by atoms with Gasteiger partial charge in [0.15, 0.2) is 11.6 Å². The standard InChI is InChI=1S/C19H22F2N4O3/c1-11-10-24(7-8-25(11)12-4-5-14(20)15(21)9-12)16(26)13-3-2-6-19(13)17(27)22-18(28)23-19/h4-5,9,11,13H,2-3,6-8,10H2,1H3,(H2,22,23,27,28)/t11-,13?,19-/m0/s1. The molecule has 4 amide bonds. The fraction of sp³-hybridized carbons (Fsp3) is 0.526. The minimum Gasteiger partial charge on any atom is -0.365 e. The largest absolute Gasteiger partial charge is 0.365 e. The van der Waals surface area contributed by atoms with Crippen LogP contribution in [0.4, 0.5) is 19.3 Å². The first kappa shape index (κ1) is 18.6. The number of nitrogens with one attached hydrogen (secondary N) is 2. The van der Waals surface area contributed by atoms with Crippen molar-refractivity contribution in [3.63, 3.8) is 0 Å². The molecule has 1 aromatic rings. The molecule has 2 heterocycles. The lowest BCUT2D eigenvalue weighted by Crippen LogP contribution is -2.59. The van der Waals surface area contributed by atoms with Crippen LogP contribution in [0.5, 0.6) is 0 Å². The predicted octanol–water partition coefficient (Wildman–Crippen LogP) is 1.38. The fourth-order valence-corrected chi connectivity index (χ4v) is 4.69. The molecule has 3 atom stereocenters. The molecule has 2 saturated heterocycles. The number of amides is 4. The second kappa shape index (κ2) is 6.72. The average molecular weight is 392 g/mol. The molecule has 1 aromatic carbocycles. The van der Waals surface area contributed by atoms with Crippen molar-refractivity contribution >= 4 is 23.5 Å². The van der Waals surface area contributed by atoms with Crippen LogP contribution in [-0.2, 0) is 9.59 Å². The normalized spacial score (nSPS) is 30.0. The van der Waals surface area contributed by atoms with Gasteiger partial charge < -0.3 is 15.1 Å². The molecule has 3 fully saturated rings. The molecule has 1 spiro atoms. The molecule has 9 heteroatoms. The Labute approximate surface area is 161 Å². The van der Waals surface area contributed by atoms with Gasteiger partial charge in [0.2, 0.25) is 5.91 Å². The van der Waals surface area contributed by atoms with Crippen LogP contribution in [0.1, 0.15) is 26.2 Å². The zero-order chi connectivity index (χ0) is 20.1. The Kier molecular flexibility index (Phi) is 4.47. The minimum atomic E-state index is -1.14. The van der Waals surface area contributed by atoms with Gasteiger partial charge in [0.05, 0.1) is 5.92 Å². The molecular weight excluding hydrogens is 370 g/mol. The Morgan fingerprint density at radius 3 is 2.64 bits per heavy atom. The van der Waals surface area contributed by atoms with Gasteiger partial charge in [0.25, 0.3) is 5.91 Å². The first-order valence-corrected chi connectivity index (χ1v) is 9.46. The highest BCUT2D eigenvalue weighted by atomic mass is 19.2. The summed E-state index contributed by atoms with van der Waals surface area (Å²) in [6.45, 7) is 3.19. The lowest BCUT2D eigenvalue weighted by atomic mass is 9.85. The molecular formula is C19H22F2N4O3. The molecule has 3 aliphatic rings. The summed E-state index contributed by atoms with van der Waals surface area (Å²) in [6.07, 6.45) is 1.68. The highest BCUT2D eigenvalue weighted by Gasteiger charge is 2.57. The Balaban J connectivity index is 1.48. The molecule has 2 aliphatic heterocycles. The highest BCUT2D eigenvalue weighted by Crippen LogP contribution is 2.39. The summed E-state index contributed by atoms with van der Waals surface area (Å²) >= 11 is 0. The van der Waals surface area contributed by atoms with Gasteiger partial charge in [-0.1, -0.05) is 0 Å². The maximum absolute atomic E-state index is 13.6. The number of hydrogen-bond acceptors (Lipinski definition) is 4. The van der Waals surface area contributed by atoms with E-state index >= 15 is 0 Å². The van der Waals surface area contributed by atoms with Crippen LogP contribution < -0.4 is 15.5 Å². The number of halogens is 2. The molecule has 7 nitrogen and oxygen atoms in total. The van der Waals surface area contributed by atoms with E-state index in [1.807, 2.05) is 11.8 Å². The maximum Gasteiger partial charge on any atom is 0.322 e. The van der Waals surface area contributed by atoms with Crippen LogP contribution in [0.15, 0.2) is 18.2 Å². The van der Waals surface area contributed by atoms with Crippen LogP contribution in [0.25, 0.3) is 0 Å². The summed E-state index contributed by atoms with van der Waals surface area (Å²) in [5.74, 6) is -2.96. The van der Waals surface area contributed by atoms with Gasteiger partial charge in [-0.15, -0.1) is 0 Å². The molecule has 150 valence electrons. The van der Waals surface area contributed by atoms with Gasteiger partial charge >= 0.3 is 6.03 Å². The van der Waals surface area contributed by atoms with Crippen molar-refractivity contribution in [2.45, 2.75) is 37.8 Å². The number of imide groups is 1. The van der Waals surface area contributed by atoms with Crippen molar-refractivity contribution in [1.29, 1.82) is 0 Å². The first-order valence-electron chi connectivity index (χ1n) is 9.46. The summed E-state index contributed by atoms with van der Waals surface area (Å²) in [6, 6.07) is 3.12. The third-order valence-electron chi connectivity index (χ3n) is 6.10. The number of anilines is 1. The van der Waals surface area contributed by atoms with Crippen molar-refractivity contribution in [3.8, 4) is 0 Å². The van der Waals surface area contributed by atoms with Crippen LogP contribution in [-0.4, -0.2) is 54.0 Å². The number of rotatable bonds is 2. The first-order chi connectivity index (χ1) is 13.3. The molecule has 2 N–H and O–H groups in total. The zero-order valence-corrected chi connectivity index (χ0v) is 15.5. The Bertz CT molecular complexity index is 848. The van der Waals surface area contributed by atoms with E-state index in [0.29, 0.717) is 44.6 Å². The number of benzene rings is 1. The van der Waals surface area contributed by atoms with Crippen molar-refractivity contribution in [2.24, 2.45) is 5.92 Å². The monoisotopic (exact) mass is 392 g/mol. The molecule has 0 aromatic heterocycles. The number of carbonyl (C=O) groups is 3. The quantitative estimate of drug-likeness (QED) is 0.745. The predicted molar refractivity (Wildman–Crippen MR) is 96.5 cm³/mol. The zero-order valence-electron chi connectivity index (χ0n) is 15.5. The second-order valence-electron chi connectivity index (χ2n) is 7.75. The second-order valence-corrected chi connectivity index (χ2v) is 7.75. The topological polar surface area (TPSA) is 81.8 Å². The molecule has 4 rings (SSSR count). The van der Waals surface area contributed by atoms with Gasteiger partial charge in [-0.25, -0.2) is 13.6 Å². The Hall–Kier alpha value is -2.71. The Morgan fingerprint density at radius 1 is 1.21 bits per heavy atom. The van der Waals surface area contributed by atoms with E-state index in [2.05, 4.69) is 10.6 Å². The average Bonchev–Trinajstić information content (AvgIpc) is 3.20. The van der Waals surface area contributed by atoms with Gasteiger partial charge in [0, 0.05) is 37.4 Å².